The van der Waals surface area contributed by atoms with Crippen molar-refractivity contribution in [2.45, 2.75) is 57.0 Å². The van der Waals surface area contributed by atoms with Gasteiger partial charge in [-0.2, -0.15) is 0 Å². The van der Waals surface area contributed by atoms with Gasteiger partial charge in [-0.25, -0.2) is 13.4 Å². The number of aromatic nitrogens is 1. The smallest absolute Gasteiger partial charge is 0.233 e. The Morgan fingerprint density at radius 1 is 1.07 bits per heavy atom. The largest absolute Gasteiger partial charge is 0.331 e. The van der Waals surface area contributed by atoms with Crippen molar-refractivity contribution in [3.8, 4) is 0 Å². The van der Waals surface area contributed by atoms with Crippen molar-refractivity contribution in [2.24, 2.45) is 11.3 Å². The van der Waals surface area contributed by atoms with Gasteiger partial charge in [0.25, 0.3) is 0 Å². The monoisotopic (exact) mass is 611 g/mol. The Kier molecular flexibility index (Phi) is 8.78. The number of nitrogens with zero attached hydrogens (tertiary/aromatic N) is 2. The molecule has 0 unspecified atom stereocenters. The molecule has 9 heteroatoms. The number of sulfonamides is 1. The zero-order valence-corrected chi connectivity index (χ0v) is 25.4. The maximum absolute atomic E-state index is 14.6. The van der Waals surface area contributed by atoms with Gasteiger partial charge in [0.2, 0.25) is 15.9 Å². The molecule has 0 spiro atoms. The van der Waals surface area contributed by atoms with Crippen molar-refractivity contribution < 1.29 is 13.2 Å². The third kappa shape index (κ3) is 6.79. The quantitative estimate of drug-likeness (QED) is 0.226. The van der Waals surface area contributed by atoms with E-state index in [4.69, 9.17) is 23.2 Å². The molecule has 1 N–H and O–H groups in total. The lowest BCUT2D eigenvalue weighted by molar-refractivity contribution is -0.155. The number of halogens is 2. The third-order valence-corrected chi connectivity index (χ3v) is 10.1. The highest BCUT2D eigenvalue weighted by molar-refractivity contribution is 7.92. The van der Waals surface area contributed by atoms with Crippen molar-refractivity contribution >= 4 is 45.0 Å². The first-order valence-corrected chi connectivity index (χ1v) is 16.4. The first kappa shape index (κ1) is 29.6. The molecule has 1 saturated heterocycles. The average molecular weight is 613 g/mol. The predicted octanol–water partition coefficient (Wildman–Crippen LogP) is 7.64. The molecule has 0 radical (unpaired) electrons. The highest BCUT2D eigenvalue weighted by atomic mass is 35.5. The third-order valence-electron chi connectivity index (χ3n) is 8.32. The number of likely N-dealkylation sites (tertiary alicyclic amines) is 1. The lowest BCUT2D eigenvalue weighted by atomic mass is 9.67. The summed E-state index contributed by atoms with van der Waals surface area (Å²) in [7, 11) is -3.69. The Hall–Kier alpha value is -2.87. The number of hydrogen-bond acceptors (Lipinski definition) is 4. The maximum Gasteiger partial charge on any atom is 0.233 e. The van der Waals surface area contributed by atoms with Gasteiger partial charge in [0.1, 0.15) is 5.82 Å². The van der Waals surface area contributed by atoms with Crippen LogP contribution in [0.4, 0.5) is 5.82 Å². The van der Waals surface area contributed by atoms with Crippen LogP contribution in [0, 0.1) is 11.3 Å². The molecular formula is C32H35Cl2N3O3S. The minimum Gasteiger partial charge on any atom is -0.331 e. The molecule has 6 nitrogen and oxygen atoms in total. The SMILES string of the molecule is C=CC[C@@]1(C)C[C@H](c2cccc(Cl)c2)[C@@H](c2ccc(Cl)cc2)N([C@@H](CCS(=O)(=O)Nc2ccccn2)C2CC2)C1=O. The fraction of sp³-hybridized carbons (Fsp3) is 0.375. The fourth-order valence-electron chi connectivity index (χ4n) is 6.24. The van der Waals surface area contributed by atoms with Gasteiger partial charge in [0.15, 0.2) is 0 Å². The number of piperidine rings is 1. The average Bonchev–Trinajstić information content (AvgIpc) is 3.77. The lowest BCUT2D eigenvalue weighted by Gasteiger charge is -2.52. The summed E-state index contributed by atoms with van der Waals surface area (Å²) in [5, 5.41) is 1.25. The van der Waals surface area contributed by atoms with Gasteiger partial charge < -0.3 is 4.90 Å². The van der Waals surface area contributed by atoms with Crippen LogP contribution >= 0.6 is 23.2 Å². The number of amides is 1. The molecule has 3 aromatic rings. The second-order valence-electron chi connectivity index (χ2n) is 11.5. The molecule has 4 atom stereocenters. The molecule has 1 amide bonds. The fourth-order valence-corrected chi connectivity index (χ4v) is 7.66. The first-order valence-electron chi connectivity index (χ1n) is 14.0. The molecular weight excluding hydrogens is 577 g/mol. The van der Waals surface area contributed by atoms with Crippen LogP contribution in [0.3, 0.4) is 0 Å². The van der Waals surface area contributed by atoms with Crippen molar-refractivity contribution in [3.63, 3.8) is 0 Å². The van der Waals surface area contributed by atoms with E-state index in [9.17, 15) is 13.2 Å². The first-order chi connectivity index (χ1) is 19.6. The van der Waals surface area contributed by atoms with Crippen LogP contribution in [0.5, 0.6) is 0 Å². The summed E-state index contributed by atoms with van der Waals surface area (Å²) in [6, 6.07) is 20.0. The van der Waals surface area contributed by atoms with Gasteiger partial charge in [0, 0.05) is 28.2 Å². The van der Waals surface area contributed by atoms with Crippen LogP contribution in [0.1, 0.15) is 62.1 Å². The van der Waals surface area contributed by atoms with Gasteiger partial charge in [-0.3, -0.25) is 9.52 Å². The zero-order chi connectivity index (χ0) is 29.2. The standard InChI is InChI=1S/C32H35Cl2N3O3S/c1-3-17-32(2)21-27(24-7-6-8-26(34)20-24)30(23-12-14-25(33)15-13-23)37(31(32)38)28(22-10-11-22)16-19-41(39,40)36-29-9-4-5-18-35-29/h3-9,12-15,18,20,22,27-28,30H,1,10-11,16-17,19,21H2,2H3,(H,35,36)/t27-,28+,30-,32+/m1/s1. The van der Waals surface area contributed by atoms with Crippen molar-refractivity contribution in [1.82, 2.24) is 9.88 Å². The lowest BCUT2D eigenvalue weighted by Crippen LogP contribution is -2.56. The Bertz CT molecular complexity index is 1500. The summed E-state index contributed by atoms with van der Waals surface area (Å²) in [6.07, 6.45) is 6.70. The van der Waals surface area contributed by atoms with Crippen molar-refractivity contribution in [1.29, 1.82) is 0 Å². The van der Waals surface area contributed by atoms with Gasteiger partial charge >= 0.3 is 0 Å². The van der Waals surface area contributed by atoms with Crippen LogP contribution in [0.25, 0.3) is 0 Å². The number of hydrogen-bond donors (Lipinski definition) is 1. The van der Waals surface area contributed by atoms with E-state index in [1.165, 1.54) is 0 Å². The summed E-state index contributed by atoms with van der Waals surface area (Å²) < 4.78 is 28.9. The highest BCUT2D eigenvalue weighted by Gasteiger charge is 2.53. The number of anilines is 1. The molecule has 2 heterocycles. The van der Waals surface area contributed by atoms with E-state index in [1.54, 1.807) is 30.5 Å². The van der Waals surface area contributed by atoms with E-state index >= 15 is 0 Å². The van der Waals surface area contributed by atoms with Crippen LogP contribution in [0.15, 0.2) is 85.6 Å². The second-order valence-corrected chi connectivity index (χ2v) is 14.2. The normalized spacial score (nSPS) is 23.7. The number of pyridine rings is 1. The Balaban J connectivity index is 1.56. The molecule has 0 bridgehead atoms. The van der Waals surface area contributed by atoms with Crippen LogP contribution in [0.2, 0.25) is 10.0 Å². The zero-order valence-electron chi connectivity index (χ0n) is 23.0. The number of benzene rings is 2. The van der Waals surface area contributed by atoms with Crippen LogP contribution in [-0.4, -0.2) is 36.0 Å². The van der Waals surface area contributed by atoms with Crippen molar-refractivity contribution in [2.75, 3.05) is 10.5 Å². The number of carbonyl (C=O) groups is 1. The van der Waals surface area contributed by atoms with Crippen LogP contribution in [-0.2, 0) is 14.8 Å². The van der Waals surface area contributed by atoms with Gasteiger partial charge in [-0.1, -0.05) is 66.5 Å². The molecule has 1 aromatic heterocycles. The molecule has 5 rings (SSSR count). The Morgan fingerprint density at radius 2 is 1.83 bits per heavy atom. The van der Waals surface area contributed by atoms with E-state index in [0.29, 0.717) is 29.3 Å². The minimum absolute atomic E-state index is 0.0302. The maximum atomic E-state index is 14.6. The topological polar surface area (TPSA) is 79.4 Å². The molecule has 2 aromatic carbocycles. The highest BCUT2D eigenvalue weighted by Crippen LogP contribution is 2.54. The van der Waals surface area contributed by atoms with E-state index in [0.717, 1.165) is 24.0 Å². The summed E-state index contributed by atoms with van der Waals surface area (Å²) in [5.74, 6) is 0.347. The number of nitrogens with one attached hydrogen (secondary N) is 1. The number of allylic oxidation sites excluding steroid dienone is 1. The number of carbonyl (C=O) groups excluding carboxylic acids is 1. The molecule has 1 saturated carbocycles. The van der Waals surface area contributed by atoms with Crippen molar-refractivity contribution in [3.05, 3.63) is 107 Å². The summed E-state index contributed by atoms with van der Waals surface area (Å²) >= 11 is 12.8. The molecule has 41 heavy (non-hydrogen) atoms. The van der Waals surface area contributed by atoms with E-state index < -0.39 is 15.4 Å². The second kappa shape index (κ2) is 12.2. The van der Waals surface area contributed by atoms with E-state index in [2.05, 4.69) is 22.4 Å². The van der Waals surface area contributed by atoms with Gasteiger partial charge in [-0.05, 0) is 85.5 Å². The van der Waals surface area contributed by atoms with E-state index in [1.807, 2.05) is 54.3 Å². The van der Waals surface area contributed by atoms with Gasteiger partial charge in [-0.15, -0.1) is 6.58 Å². The Morgan fingerprint density at radius 3 is 2.46 bits per heavy atom. The van der Waals surface area contributed by atoms with Crippen LogP contribution < -0.4 is 4.72 Å². The number of rotatable bonds is 11. The molecule has 1 aliphatic heterocycles. The molecule has 1 aliphatic carbocycles. The summed E-state index contributed by atoms with van der Waals surface area (Å²) in [4.78, 5) is 20.7. The van der Waals surface area contributed by atoms with E-state index in [-0.39, 0.29) is 41.4 Å². The molecule has 216 valence electrons. The summed E-state index contributed by atoms with van der Waals surface area (Å²) in [5.41, 5.74) is 1.31. The predicted molar refractivity (Wildman–Crippen MR) is 166 cm³/mol. The van der Waals surface area contributed by atoms with Gasteiger partial charge in [0.05, 0.1) is 17.2 Å². The minimum atomic E-state index is -3.69. The Labute approximate surface area is 252 Å². The molecule has 2 aliphatic rings. The molecule has 2 fully saturated rings. The summed E-state index contributed by atoms with van der Waals surface area (Å²) in [6.45, 7) is 5.96.